The van der Waals surface area contributed by atoms with Gasteiger partial charge in [0.25, 0.3) is 0 Å². The van der Waals surface area contributed by atoms with E-state index in [1.165, 1.54) is 25.7 Å². The molecule has 142 valence electrons. The first-order valence-corrected chi connectivity index (χ1v) is 9.47. The van der Waals surface area contributed by atoms with Crippen molar-refractivity contribution in [1.29, 1.82) is 0 Å². The number of hydrogen-bond donors (Lipinski definition) is 3. The van der Waals surface area contributed by atoms with Gasteiger partial charge in [0, 0.05) is 19.6 Å². The third-order valence-corrected chi connectivity index (χ3v) is 3.73. The fourth-order valence-corrected chi connectivity index (χ4v) is 2.24. The number of hydrogen-bond acceptors (Lipinski definition) is 5. The molecule has 3 N–H and O–H groups in total. The van der Waals surface area contributed by atoms with Gasteiger partial charge in [0.05, 0.1) is 19.8 Å². The molecule has 0 aromatic heterocycles. The van der Waals surface area contributed by atoms with E-state index in [2.05, 4.69) is 30.6 Å². The highest BCUT2D eigenvalue weighted by Crippen LogP contribution is 1.98. The van der Waals surface area contributed by atoms with Crippen LogP contribution in [0.15, 0.2) is 0 Å². The van der Waals surface area contributed by atoms with Crippen molar-refractivity contribution in [3.05, 3.63) is 0 Å². The van der Waals surface area contributed by atoms with Gasteiger partial charge in [-0.2, -0.15) is 0 Å². The molecule has 0 bridgehead atoms. The summed E-state index contributed by atoms with van der Waals surface area (Å²) in [6.07, 6.45) is 7.29. The van der Waals surface area contributed by atoms with Crippen molar-refractivity contribution in [2.75, 3.05) is 59.1 Å². The lowest BCUT2D eigenvalue weighted by molar-refractivity contribution is 0.159. The Morgan fingerprint density at radius 1 is 0.478 bits per heavy atom. The molecule has 0 saturated carbocycles. The van der Waals surface area contributed by atoms with Gasteiger partial charge in [-0.1, -0.05) is 40.0 Å². The number of rotatable bonds is 15. The van der Waals surface area contributed by atoms with E-state index in [1.54, 1.807) is 0 Å². The SMILES string of the molecule is CCCCN(CCO)CCCC.CCCCN(CCO)CCO. The smallest absolute Gasteiger partial charge is 0.0558 e. The number of unbranched alkanes of at least 4 members (excludes halogenated alkanes) is 3. The van der Waals surface area contributed by atoms with Crippen LogP contribution in [0.5, 0.6) is 0 Å². The van der Waals surface area contributed by atoms with Gasteiger partial charge in [-0.15, -0.1) is 0 Å². The van der Waals surface area contributed by atoms with Crippen LogP contribution in [0.4, 0.5) is 0 Å². The predicted molar refractivity (Wildman–Crippen MR) is 98.9 cm³/mol. The van der Waals surface area contributed by atoms with Gasteiger partial charge in [0.15, 0.2) is 0 Å². The van der Waals surface area contributed by atoms with Gasteiger partial charge in [-0.3, -0.25) is 4.90 Å². The molecular formula is C18H42N2O3. The Kier molecular flexibility index (Phi) is 23.7. The Bertz CT molecular complexity index is 193. The van der Waals surface area contributed by atoms with E-state index in [0.29, 0.717) is 19.7 Å². The molecule has 0 rings (SSSR count). The second kappa shape index (κ2) is 21.8. The molecule has 0 aliphatic heterocycles. The first-order valence-electron chi connectivity index (χ1n) is 9.47. The molecule has 0 spiro atoms. The quantitative estimate of drug-likeness (QED) is 0.427. The summed E-state index contributed by atoms with van der Waals surface area (Å²) >= 11 is 0. The minimum absolute atomic E-state index is 0.184. The van der Waals surface area contributed by atoms with Crippen molar-refractivity contribution in [3.8, 4) is 0 Å². The third kappa shape index (κ3) is 19.8. The van der Waals surface area contributed by atoms with Crippen molar-refractivity contribution in [1.82, 2.24) is 9.80 Å². The average Bonchev–Trinajstić information content (AvgIpc) is 2.56. The summed E-state index contributed by atoms with van der Waals surface area (Å²) in [5.41, 5.74) is 0. The molecule has 0 aliphatic carbocycles. The Morgan fingerprint density at radius 2 is 0.739 bits per heavy atom. The highest BCUT2D eigenvalue weighted by atomic mass is 16.3. The maximum atomic E-state index is 8.79. The maximum Gasteiger partial charge on any atom is 0.0558 e. The molecule has 0 fully saturated rings. The monoisotopic (exact) mass is 334 g/mol. The number of nitrogens with zero attached hydrogens (tertiary/aromatic N) is 2. The molecule has 0 heterocycles. The first-order chi connectivity index (χ1) is 11.2. The van der Waals surface area contributed by atoms with E-state index >= 15 is 0 Å². The Labute approximate surface area is 144 Å². The zero-order chi connectivity index (χ0) is 17.8. The molecule has 0 saturated heterocycles. The van der Waals surface area contributed by atoms with Gasteiger partial charge < -0.3 is 20.2 Å². The van der Waals surface area contributed by atoms with E-state index in [1.807, 2.05) is 0 Å². The zero-order valence-electron chi connectivity index (χ0n) is 15.8. The topological polar surface area (TPSA) is 67.2 Å². The van der Waals surface area contributed by atoms with Crippen molar-refractivity contribution in [2.45, 2.75) is 59.3 Å². The summed E-state index contributed by atoms with van der Waals surface area (Å²) in [7, 11) is 0. The van der Waals surface area contributed by atoms with Gasteiger partial charge in [-0.05, 0) is 38.9 Å². The van der Waals surface area contributed by atoms with Crippen LogP contribution in [-0.2, 0) is 0 Å². The average molecular weight is 335 g/mol. The molecule has 5 heteroatoms. The lowest BCUT2D eigenvalue weighted by Gasteiger charge is -2.20. The largest absolute Gasteiger partial charge is 0.395 e. The molecule has 0 aromatic carbocycles. The van der Waals surface area contributed by atoms with Gasteiger partial charge in [-0.25, -0.2) is 0 Å². The van der Waals surface area contributed by atoms with Gasteiger partial charge >= 0.3 is 0 Å². The summed E-state index contributed by atoms with van der Waals surface area (Å²) in [5.74, 6) is 0. The molecule has 0 atom stereocenters. The molecule has 5 nitrogen and oxygen atoms in total. The predicted octanol–water partition coefficient (Wildman–Crippen LogP) is 1.95. The Balaban J connectivity index is 0. The van der Waals surface area contributed by atoms with Crippen LogP contribution < -0.4 is 0 Å². The summed E-state index contributed by atoms with van der Waals surface area (Å²) in [5, 5.41) is 26.1. The molecule has 0 radical (unpaired) electrons. The van der Waals surface area contributed by atoms with Crippen molar-refractivity contribution in [3.63, 3.8) is 0 Å². The van der Waals surface area contributed by atoms with Crippen LogP contribution in [-0.4, -0.2) is 84.2 Å². The summed E-state index contributed by atoms with van der Waals surface area (Å²) in [6, 6.07) is 0. The molecule has 0 amide bonds. The Morgan fingerprint density at radius 3 is 0.957 bits per heavy atom. The van der Waals surface area contributed by atoms with E-state index in [9.17, 15) is 0 Å². The van der Waals surface area contributed by atoms with E-state index in [-0.39, 0.29) is 13.2 Å². The van der Waals surface area contributed by atoms with Crippen molar-refractivity contribution >= 4 is 0 Å². The van der Waals surface area contributed by atoms with Crippen LogP contribution in [0.2, 0.25) is 0 Å². The van der Waals surface area contributed by atoms with Crippen LogP contribution in [0, 0.1) is 0 Å². The summed E-state index contributed by atoms with van der Waals surface area (Å²) < 4.78 is 0. The highest BCUT2D eigenvalue weighted by molar-refractivity contribution is 4.56. The lowest BCUT2D eigenvalue weighted by atomic mass is 10.2. The van der Waals surface area contributed by atoms with Crippen LogP contribution in [0.1, 0.15) is 59.3 Å². The molecule has 0 unspecified atom stereocenters. The minimum atomic E-state index is 0.184. The second-order valence-corrected chi connectivity index (χ2v) is 5.91. The van der Waals surface area contributed by atoms with E-state index in [4.69, 9.17) is 15.3 Å². The van der Waals surface area contributed by atoms with Crippen molar-refractivity contribution in [2.24, 2.45) is 0 Å². The third-order valence-electron chi connectivity index (χ3n) is 3.73. The molecular weight excluding hydrogens is 292 g/mol. The normalized spacial score (nSPS) is 11.0. The number of aliphatic hydroxyl groups excluding tert-OH is 3. The highest BCUT2D eigenvalue weighted by Gasteiger charge is 2.01. The fourth-order valence-electron chi connectivity index (χ4n) is 2.24. The molecule has 0 aliphatic rings. The summed E-state index contributed by atoms with van der Waals surface area (Å²) in [6.45, 7) is 12.7. The first kappa shape index (κ1) is 25.0. The van der Waals surface area contributed by atoms with Gasteiger partial charge in [0.2, 0.25) is 0 Å². The zero-order valence-corrected chi connectivity index (χ0v) is 15.8. The lowest BCUT2D eigenvalue weighted by Crippen LogP contribution is -2.30. The Hall–Kier alpha value is -0.200. The van der Waals surface area contributed by atoms with Gasteiger partial charge in [0.1, 0.15) is 0 Å². The fraction of sp³-hybridized carbons (Fsp3) is 1.00. The summed E-state index contributed by atoms with van der Waals surface area (Å²) in [4.78, 5) is 4.43. The molecule has 0 aromatic rings. The van der Waals surface area contributed by atoms with E-state index < -0.39 is 0 Å². The number of aliphatic hydroxyl groups is 3. The van der Waals surface area contributed by atoms with Crippen LogP contribution in [0.3, 0.4) is 0 Å². The maximum absolute atomic E-state index is 8.79. The van der Waals surface area contributed by atoms with Crippen molar-refractivity contribution < 1.29 is 15.3 Å². The van der Waals surface area contributed by atoms with Crippen LogP contribution in [0.25, 0.3) is 0 Å². The van der Waals surface area contributed by atoms with E-state index in [0.717, 1.165) is 39.0 Å². The minimum Gasteiger partial charge on any atom is -0.395 e. The van der Waals surface area contributed by atoms with Crippen LogP contribution >= 0.6 is 0 Å². The standard InChI is InChI=1S/C10H23NO.C8H19NO2/c1-3-5-7-11(9-10-12)8-6-4-2;1-2-3-4-9(5-7-10)6-8-11/h12H,3-10H2,1-2H3;10-11H,2-8H2,1H3. The second-order valence-electron chi connectivity index (χ2n) is 5.91. The molecule has 23 heavy (non-hydrogen) atoms.